The van der Waals surface area contributed by atoms with Gasteiger partial charge in [-0.3, -0.25) is 9.59 Å². The maximum atomic E-state index is 12.6. The molecule has 0 spiro atoms. The normalized spacial score (nSPS) is 20.2. The number of fused-ring (bicyclic) bond motifs is 1. The summed E-state index contributed by atoms with van der Waals surface area (Å²) in [5.74, 6) is 1.20. The second-order valence-corrected chi connectivity index (χ2v) is 6.61. The summed E-state index contributed by atoms with van der Waals surface area (Å²) in [5, 5.41) is 3.79. The Morgan fingerprint density at radius 2 is 2.17 bits per heavy atom. The zero-order valence-electron chi connectivity index (χ0n) is 13.7. The highest BCUT2D eigenvalue weighted by Gasteiger charge is 2.30. The van der Waals surface area contributed by atoms with Gasteiger partial charge in [0.1, 0.15) is 5.82 Å². The SMILES string of the molecule is Cc1cc(C(=O)N2CCC[C@H](c3cc(=O)nc4n3CCC4)C2)on1. The lowest BCUT2D eigenvalue weighted by molar-refractivity contribution is 0.0662. The predicted molar refractivity (Wildman–Crippen MR) is 85.9 cm³/mol. The van der Waals surface area contributed by atoms with Gasteiger partial charge in [0, 0.05) is 49.8 Å². The van der Waals surface area contributed by atoms with Crippen LogP contribution in [0.15, 0.2) is 21.5 Å². The molecule has 1 atom stereocenters. The van der Waals surface area contributed by atoms with Crippen LogP contribution in [0.4, 0.5) is 0 Å². The molecule has 0 aliphatic carbocycles. The lowest BCUT2D eigenvalue weighted by Crippen LogP contribution is -2.40. The van der Waals surface area contributed by atoms with Crippen molar-refractivity contribution in [1.29, 1.82) is 0 Å². The smallest absolute Gasteiger partial charge is 0.292 e. The highest BCUT2D eigenvalue weighted by molar-refractivity contribution is 5.91. The quantitative estimate of drug-likeness (QED) is 0.834. The molecule has 0 aromatic carbocycles. The Morgan fingerprint density at radius 3 is 2.96 bits per heavy atom. The van der Waals surface area contributed by atoms with Gasteiger partial charge in [-0.2, -0.15) is 4.98 Å². The van der Waals surface area contributed by atoms with E-state index in [1.165, 1.54) is 0 Å². The number of hydrogen-bond donors (Lipinski definition) is 0. The number of hydrogen-bond acceptors (Lipinski definition) is 5. The first-order valence-electron chi connectivity index (χ1n) is 8.45. The summed E-state index contributed by atoms with van der Waals surface area (Å²) >= 11 is 0. The molecule has 1 fully saturated rings. The molecule has 126 valence electrons. The number of carbonyl (C=O) groups is 1. The maximum absolute atomic E-state index is 12.6. The number of likely N-dealkylation sites (tertiary alicyclic amines) is 1. The van der Waals surface area contributed by atoms with Gasteiger partial charge >= 0.3 is 0 Å². The zero-order chi connectivity index (χ0) is 16.7. The van der Waals surface area contributed by atoms with E-state index >= 15 is 0 Å². The Labute approximate surface area is 139 Å². The van der Waals surface area contributed by atoms with Gasteiger partial charge in [0.05, 0.1) is 5.69 Å². The second-order valence-electron chi connectivity index (χ2n) is 6.61. The van der Waals surface area contributed by atoms with E-state index in [0.717, 1.165) is 43.7 Å². The second kappa shape index (κ2) is 5.89. The minimum Gasteiger partial charge on any atom is -0.351 e. The summed E-state index contributed by atoms with van der Waals surface area (Å²) in [6.07, 6.45) is 3.77. The lowest BCUT2D eigenvalue weighted by Gasteiger charge is -2.33. The third kappa shape index (κ3) is 2.64. The Hall–Kier alpha value is -2.44. The zero-order valence-corrected chi connectivity index (χ0v) is 13.7. The molecule has 7 heteroatoms. The fourth-order valence-corrected chi connectivity index (χ4v) is 3.78. The van der Waals surface area contributed by atoms with E-state index in [4.69, 9.17) is 4.52 Å². The van der Waals surface area contributed by atoms with Crippen LogP contribution < -0.4 is 5.56 Å². The Bertz CT molecular complexity index is 839. The molecule has 0 bridgehead atoms. The highest BCUT2D eigenvalue weighted by atomic mass is 16.5. The summed E-state index contributed by atoms with van der Waals surface area (Å²) in [5.41, 5.74) is 1.55. The Morgan fingerprint density at radius 1 is 1.29 bits per heavy atom. The summed E-state index contributed by atoms with van der Waals surface area (Å²) in [7, 11) is 0. The molecule has 2 aromatic rings. The minimum absolute atomic E-state index is 0.127. The molecular weight excluding hydrogens is 308 g/mol. The van der Waals surface area contributed by atoms with E-state index in [1.807, 2.05) is 0 Å². The molecule has 1 saturated heterocycles. The van der Waals surface area contributed by atoms with E-state index < -0.39 is 0 Å². The van der Waals surface area contributed by atoms with E-state index in [1.54, 1.807) is 24.0 Å². The van der Waals surface area contributed by atoms with Crippen LogP contribution in [0.3, 0.4) is 0 Å². The van der Waals surface area contributed by atoms with Crippen LogP contribution in [0.25, 0.3) is 0 Å². The summed E-state index contributed by atoms with van der Waals surface area (Å²) < 4.78 is 7.27. The van der Waals surface area contributed by atoms with Crippen LogP contribution in [-0.2, 0) is 13.0 Å². The third-order valence-corrected chi connectivity index (χ3v) is 4.88. The van der Waals surface area contributed by atoms with Crippen LogP contribution in [0, 0.1) is 6.92 Å². The van der Waals surface area contributed by atoms with Gasteiger partial charge in [0.25, 0.3) is 11.5 Å². The molecule has 0 N–H and O–H groups in total. The van der Waals surface area contributed by atoms with Gasteiger partial charge in [-0.25, -0.2) is 0 Å². The van der Waals surface area contributed by atoms with Crippen molar-refractivity contribution in [3.63, 3.8) is 0 Å². The first-order chi connectivity index (χ1) is 11.6. The van der Waals surface area contributed by atoms with E-state index in [0.29, 0.717) is 18.8 Å². The van der Waals surface area contributed by atoms with Gasteiger partial charge in [0.2, 0.25) is 5.76 Å². The highest BCUT2D eigenvalue weighted by Crippen LogP contribution is 2.29. The molecule has 2 aliphatic heterocycles. The van der Waals surface area contributed by atoms with Crippen molar-refractivity contribution in [2.75, 3.05) is 13.1 Å². The fourth-order valence-electron chi connectivity index (χ4n) is 3.78. The molecule has 0 radical (unpaired) electrons. The summed E-state index contributed by atoms with van der Waals surface area (Å²) in [6, 6.07) is 3.31. The standard InChI is InChI=1S/C17H20N4O3/c1-11-8-14(24-19-11)17(23)20-6-2-4-12(10-20)13-9-16(22)18-15-5-3-7-21(13)15/h8-9,12H,2-7,10H2,1H3/t12-/m0/s1. The van der Waals surface area contributed by atoms with Gasteiger partial charge in [-0.1, -0.05) is 5.16 Å². The van der Waals surface area contributed by atoms with Crippen molar-refractivity contribution >= 4 is 5.91 Å². The van der Waals surface area contributed by atoms with Gasteiger partial charge < -0.3 is 14.0 Å². The molecule has 4 heterocycles. The van der Waals surface area contributed by atoms with Crippen LogP contribution >= 0.6 is 0 Å². The van der Waals surface area contributed by atoms with E-state index in [2.05, 4.69) is 14.7 Å². The topological polar surface area (TPSA) is 81.2 Å². The number of aryl methyl sites for hydroxylation is 2. The van der Waals surface area contributed by atoms with Crippen molar-refractivity contribution in [2.24, 2.45) is 0 Å². The summed E-state index contributed by atoms with van der Waals surface area (Å²) in [6.45, 7) is 4.01. The molecular formula is C17H20N4O3. The first-order valence-corrected chi connectivity index (χ1v) is 8.45. The van der Waals surface area contributed by atoms with E-state index in [9.17, 15) is 9.59 Å². The molecule has 7 nitrogen and oxygen atoms in total. The maximum Gasteiger partial charge on any atom is 0.292 e. The van der Waals surface area contributed by atoms with Crippen molar-refractivity contribution < 1.29 is 9.32 Å². The molecule has 0 unspecified atom stereocenters. The average Bonchev–Trinajstić information content (AvgIpc) is 3.22. The Balaban J connectivity index is 1.60. The molecule has 0 saturated carbocycles. The van der Waals surface area contributed by atoms with Gasteiger partial charge in [0.15, 0.2) is 0 Å². The number of amides is 1. The third-order valence-electron chi connectivity index (χ3n) is 4.88. The molecule has 4 rings (SSSR count). The van der Waals surface area contributed by atoms with Gasteiger partial charge in [-0.15, -0.1) is 0 Å². The summed E-state index contributed by atoms with van der Waals surface area (Å²) in [4.78, 5) is 30.4. The number of piperidine rings is 1. The predicted octanol–water partition coefficient (Wildman–Crippen LogP) is 1.51. The first kappa shape index (κ1) is 15.1. The number of rotatable bonds is 2. The molecule has 1 amide bonds. The van der Waals surface area contributed by atoms with Crippen LogP contribution in [0.1, 0.15) is 52.9 Å². The van der Waals surface area contributed by atoms with Gasteiger partial charge in [-0.05, 0) is 26.2 Å². The number of carbonyl (C=O) groups excluding carboxylic acids is 1. The average molecular weight is 328 g/mol. The van der Waals surface area contributed by atoms with Crippen molar-refractivity contribution in [2.45, 2.75) is 45.1 Å². The van der Waals surface area contributed by atoms with Crippen molar-refractivity contribution in [1.82, 2.24) is 19.6 Å². The molecule has 2 aliphatic rings. The molecule has 24 heavy (non-hydrogen) atoms. The van der Waals surface area contributed by atoms with Crippen LogP contribution in [-0.4, -0.2) is 38.6 Å². The minimum atomic E-state index is -0.174. The lowest BCUT2D eigenvalue weighted by atomic mass is 9.94. The Kier molecular flexibility index (Phi) is 3.70. The monoisotopic (exact) mass is 328 g/mol. The molecule has 2 aromatic heterocycles. The number of aromatic nitrogens is 3. The van der Waals surface area contributed by atoms with Crippen molar-refractivity contribution in [3.05, 3.63) is 45.5 Å². The fraction of sp³-hybridized carbons (Fsp3) is 0.529. The van der Waals surface area contributed by atoms with E-state index in [-0.39, 0.29) is 23.1 Å². The van der Waals surface area contributed by atoms with Crippen LogP contribution in [0.5, 0.6) is 0 Å². The largest absolute Gasteiger partial charge is 0.351 e. The van der Waals surface area contributed by atoms with Crippen molar-refractivity contribution in [3.8, 4) is 0 Å². The number of nitrogens with zero attached hydrogens (tertiary/aromatic N) is 4. The van der Waals surface area contributed by atoms with Crippen LogP contribution in [0.2, 0.25) is 0 Å².